The first-order chi connectivity index (χ1) is 9.47. The molecule has 0 spiro atoms. The molecule has 0 saturated carbocycles. The maximum absolute atomic E-state index is 12.0. The van der Waals surface area contributed by atoms with Crippen molar-refractivity contribution in [3.8, 4) is 0 Å². The van der Waals surface area contributed by atoms with Gasteiger partial charge < -0.3 is 0 Å². The van der Waals surface area contributed by atoms with Gasteiger partial charge in [-0.15, -0.1) is 0 Å². The fourth-order valence-electron chi connectivity index (χ4n) is 1.85. The Hall–Kier alpha value is -2.76. The van der Waals surface area contributed by atoms with Crippen LogP contribution in [0.5, 0.6) is 0 Å². The summed E-state index contributed by atoms with van der Waals surface area (Å²) in [5, 5.41) is 14.8. The van der Waals surface area contributed by atoms with Gasteiger partial charge in [-0.1, -0.05) is 18.2 Å². The Morgan fingerprint density at radius 2 is 2.20 bits per heavy atom. The van der Waals surface area contributed by atoms with E-state index in [9.17, 15) is 14.9 Å². The molecule has 0 aliphatic carbocycles. The number of hydrogen-bond acceptors (Lipinski definition) is 4. The third kappa shape index (κ3) is 2.97. The predicted molar refractivity (Wildman–Crippen MR) is 74.4 cm³/mol. The molecule has 1 heterocycles. The van der Waals surface area contributed by atoms with E-state index in [-0.39, 0.29) is 11.5 Å². The van der Waals surface area contributed by atoms with E-state index in [2.05, 4.69) is 5.10 Å². The number of hydrogen-bond donors (Lipinski definition) is 0. The van der Waals surface area contributed by atoms with Gasteiger partial charge in [-0.05, 0) is 18.6 Å². The molecule has 2 rings (SSSR count). The lowest BCUT2D eigenvalue weighted by molar-refractivity contribution is -0.384. The number of aromatic nitrogens is 2. The van der Waals surface area contributed by atoms with Gasteiger partial charge in [0.1, 0.15) is 0 Å². The Labute approximate surface area is 115 Å². The summed E-state index contributed by atoms with van der Waals surface area (Å²) in [4.78, 5) is 22.2. The molecule has 0 fully saturated rings. The van der Waals surface area contributed by atoms with Gasteiger partial charge in [0.15, 0.2) is 5.78 Å². The quantitative estimate of drug-likeness (QED) is 0.370. The summed E-state index contributed by atoms with van der Waals surface area (Å²) in [7, 11) is 1.74. The first kappa shape index (κ1) is 13.7. The number of allylic oxidation sites excluding steroid dienone is 1. The number of nitro benzene ring substituents is 1. The molecule has 0 saturated heterocycles. The van der Waals surface area contributed by atoms with Crippen molar-refractivity contribution in [3.63, 3.8) is 0 Å². The Bertz CT molecular complexity index is 701. The second kappa shape index (κ2) is 5.48. The highest BCUT2D eigenvalue weighted by atomic mass is 16.6. The van der Waals surface area contributed by atoms with Crippen LogP contribution in [0.25, 0.3) is 6.08 Å². The summed E-state index contributed by atoms with van der Waals surface area (Å²) in [6.45, 7) is 1.76. The summed E-state index contributed by atoms with van der Waals surface area (Å²) >= 11 is 0. The predicted octanol–water partition coefficient (Wildman–Crippen LogP) is 2.53. The van der Waals surface area contributed by atoms with E-state index in [0.29, 0.717) is 16.8 Å². The number of rotatable bonds is 4. The zero-order valence-corrected chi connectivity index (χ0v) is 11.1. The summed E-state index contributed by atoms with van der Waals surface area (Å²) in [6.07, 6.45) is 4.60. The molecule has 2 aromatic rings. The standard InChI is InChI=1S/C14H13N3O3/c1-10-13(9-16(2)15-10)14(18)7-6-11-4-3-5-12(8-11)17(19)20/h3-9H,1-2H3. The first-order valence-corrected chi connectivity index (χ1v) is 5.94. The van der Waals surface area contributed by atoms with Crippen LogP contribution in [0.15, 0.2) is 36.5 Å². The summed E-state index contributed by atoms with van der Waals surface area (Å²) in [5.74, 6) is -0.179. The average molecular weight is 271 g/mol. The minimum atomic E-state index is -0.468. The number of non-ortho nitro benzene ring substituents is 1. The van der Waals surface area contributed by atoms with Crippen molar-refractivity contribution in [1.29, 1.82) is 0 Å². The molecule has 0 atom stereocenters. The minimum absolute atomic E-state index is 0.00263. The Morgan fingerprint density at radius 3 is 2.80 bits per heavy atom. The van der Waals surface area contributed by atoms with Crippen LogP contribution in [0, 0.1) is 17.0 Å². The van der Waals surface area contributed by atoms with Crippen LogP contribution < -0.4 is 0 Å². The number of nitrogens with zero attached hydrogens (tertiary/aromatic N) is 3. The van der Waals surface area contributed by atoms with Gasteiger partial charge in [-0.2, -0.15) is 5.10 Å². The second-order valence-corrected chi connectivity index (χ2v) is 4.35. The van der Waals surface area contributed by atoms with Crippen LogP contribution in [-0.2, 0) is 7.05 Å². The van der Waals surface area contributed by atoms with Crippen molar-refractivity contribution in [1.82, 2.24) is 9.78 Å². The van der Waals surface area contributed by atoms with Gasteiger partial charge in [0.25, 0.3) is 5.69 Å². The fourth-order valence-corrected chi connectivity index (χ4v) is 1.85. The molecule has 0 amide bonds. The average Bonchev–Trinajstić information content (AvgIpc) is 2.75. The SMILES string of the molecule is Cc1nn(C)cc1C(=O)C=Cc1cccc([N+](=O)[O-])c1. The van der Waals surface area contributed by atoms with Crippen molar-refractivity contribution in [3.05, 3.63) is 63.5 Å². The molecule has 0 aliphatic heterocycles. The Kier molecular flexibility index (Phi) is 3.74. The second-order valence-electron chi connectivity index (χ2n) is 4.35. The molecule has 6 nitrogen and oxygen atoms in total. The largest absolute Gasteiger partial charge is 0.289 e. The van der Waals surface area contributed by atoms with Crippen LogP contribution in [0.2, 0.25) is 0 Å². The normalized spacial score (nSPS) is 10.9. The van der Waals surface area contributed by atoms with Crippen LogP contribution >= 0.6 is 0 Å². The van der Waals surface area contributed by atoms with Crippen LogP contribution in [0.3, 0.4) is 0 Å². The van der Waals surface area contributed by atoms with Crippen LogP contribution in [0.4, 0.5) is 5.69 Å². The van der Waals surface area contributed by atoms with Gasteiger partial charge in [0.05, 0.1) is 16.2 Å². The molecular weight excluding hydrogens is 258 g/mol. The minimum Gasteiger partial charge on any atom is -0.289 e. The van der Waals surface area contributed by atoms with Crippen molar-refractivity contribution in [2.45, 2.75) is 6.92 Å². The van der Waals surface area contributed by atoms with E-state index in [1.807, 2.05) is 0 Å². The van der Waals surface area contributed by atoms with E-state index < -0.39 is 4.92 Å². The number of ketones is 1. The summed E-state index contributed by atoms with van der Waals surface area (Å²) < 4.78 is 1.57. The third-order valence-corrected chi connectivity index (χ3v) is 2.79. The summed E-state index contributed by atoms with van der Waals surface area (Å²) in [6, 6.07) is 6.11. The molecule has 1 aromatic heterocycles. The van der Waals surface area contributed by atoms with Gasteiger partial charge >= 0.3 is 0 Å². The Morgan fingerprint density at radius 1 is 1.45 bits per heavy atom. The van der Waals surface area contributed by atoms with Crippen molar-refractivity contribution < 1.29 is 9.72 Å². The molecule has 0 aliphatic rings. The zero-order chi connectivity index (χ0) is 14.7. The zero-order valence-electron chi connectivity index (χ0n) is 11.1. The molecule has 20 heavy (non-hydrogen) atoms. The highest BCUT2D eigenvalue weighted by Crippen LogP contribution is 2.15. The van der Waals surface area contributed by atoms with Gasteiger partial charge in [0.2, 0.25) is 0 Å². The monoisotopic (exact) mass is 271 g/mol. The highest BCUT2D eigenvalue weighted by molar-refractivity contribution is 6.07. The highest BCUT2D eigenvalue weighted by Gasteiger charge is 2.09. The molecule has 0 bridgehead atoms. The lowest BCUT2D eigenvalue weighted by atomic mass is 10.1. The van der Waals surface area contributed by atoms with E-state index >= 15 is 0 Å². The lowest BCUT2D eigenvalue weighted by Gasteiger charge is -1.94. The van der Waals surface area contributed by atoms with Gasteiger partial charge in [-0.3, -0.25) is 19.6 Å². The molecule has 1 aromatic carbocycles. The molecule has 0 N–H and O–H groups in total. The van der Waals surface area contributed by atoms with E-state index in [1.165, 1.54) is 18.2 Å². The number of carbonyl (C=O) groups is 1. The van der Waals surface area contributed by atoms with Gasteiger partial charge in [-0.25, -0.2) is 0 Å². The van der Waals surface area contributed by atoms with Crippen molar-refractivity contribution in [2.24, 2.45) is 7.05 Å². The molecule has 6 heteroatoms. The number of nitro groups is 1. The van der Waals surface area contributed by atoms with E-state index in [1.54, 1.807) is 43.1 Å². The maximum Gasteiger partial charge on any atom is 0.270 e. The number of carbonyl (C=O) groups excluding carboxylic acids is 1. The van der Waals surface area contributed by atoms with Crippen molar-refractivity contribution >= 4 is 17.5 Å². The molecular formula is C14H13N3O3. The summed E-state index contributed by atoms with van der Waals surface area (Å²) in [5.41, 5.74) is 1.78. The van der Waals surface area contributed by atoms with Crippen molar-refractivity contribution in [2.75, 3.05) is 0 Å². The van der Waals surface area contributed by atoms with E-state index in [0.717, 1.165) is 0 Å². The van der Waals surface area contributed by atoms with Crippen LogP contribution in [-0.4, -0.2) is 20.5 Å². The van der Waals surface area contributed by atoms with E-state index in [4.69, 9.17) is 0 Å². The lowest BCUT2D eigenvalue weighted by Crippen LogP contribution is -1.94. The molecule has 0 unspecified atom stereocenters. The maximum atomic E-state index is 12.0. The Balaban J connectivity index is 2.21. The van der Waals surface area contributed by atoms with Gasteiger partial charge in [0, 0.05) is 25.4 Å². The molecule has 0 radical (unpaired) electrons. The fraction of sp³-hybridized carbons (Fsp3) is 0.143. The van der Waals surface area contributed by atoms with Crippen LogP contribution in [0.1, 0.15) is 21.6 Å². The smallest absolute Gasteiger partial charge is 0.270 e. The number of benzene rings is 1. The topological polar surface area (TPSA) is 78.0 Å². The third-order valence-electron chi connectivity index (χ3n) is 2.79. The molecule has 102 valence electrons. The first-order valence-electron chi connectivity index (χ1n) is 5.94. The number of aryl methyl sites for hydroxylation is 2.